The number of hydrogen-bond acceptors (Lipinski definition) is 4. The van der Waals surface area contributed by atoms with E-state index in [2.05, 4.69) is 31.3 Å². The van der Waals surface area contributed by atoms with Crippen molar-refractivity contribution in [2.24, 2.45) is 0 Å². The van der Waals surface area contributed by atoms with Gasteiger partial charge in [0.25, 0.3) is 0 Å². The highest BCUT2D eigenvalue weighted by Crippen LogP contribution is 2.50. The molecule has 0 amide bonds. The van der Waals surface area contributed by atoms with Gasteiger partial charge in [-0.25, -0.2) is 9.07 Å². The molecule has 31 heavy (non-hydrogen) atoms. The summed E-state index contributed by atoms with van der Waals surface area (Å²) in [6, 6.07) is 22.3. The van der Waals surface area contributed by atoms with Crippen molar-refractivity contribution in [2.45, 2.75) is 12.1 Å². The average Bonchev–Trinajstić information content (AvgIpc) is 3.27. The number of halogens is 2. The molecule has 5 nitrogen and oxygen atoms in total. The molecule has 0 radical (unpaired) electrons. The summed E-state index contributed by atoms with van der Waals surface area (Å²) in [5.41, 5.74) is 4.84. The van der Waals surface area contributed by atoms with Gasteiger partial charge < -0.3 is 10.1 Å². The zero-order chi connectivity index (χ0) is 20.9. The lowest BCUT2D eigenvalue weighted by Gasteiger charge is -2.39. The molecular weight excluding hydrogens is 459 g/mol. The van der Waals surface area contributed by atoms with E-state index >= 15 is 0 Å². The van der Waals surface area contributed by atoms with Gasteiger partial charge in [0.05, 0.1) is 5.70 Å². The number of nitrogens with zero attached hydrogens (tertiary/aromatic N) is 3. The number of ether oxygens (including phenoxy) is 1. The number of benzene rings is 3. The van der Waals surface area contributed by atoms with Crippen LogP contribution in [0, 0.1) is 5.82 Å². The first-order chi connectivity index (χ1) is 15.2. The predicted octanol–water partition coefficient (Wildman–Crippen LogP) is 5.74. The number of aromatic nitrogens is 3. The Bertz CT molecular complexity index is 1310. The molecule has 6 rings (SSSR count). The second-order valence-electron chi connectivity index (χ2n) is 7.48. The molecule has 0 bridgehead atoms. The Morgan fingerprint density at radius 3 is 2.48 bits per heavy atom. The lowest BCUT2D eigenvalue weighted by atomic mass is 9.84. The molecule has 0 spiro atoms. The maximum absolute atomic E-state index is 13.7. The van der Waals surface area contributed by atoms with E-state index in [1.54, 1.807) is 12.1 Å². The maximum Gasteiger partial charge on any atom is 0.226 e. The topological polar surface area (TPSA) is 52.0 Å². The van der Waals surface area contributed by atoms with Crippen LogP contribution < -0.4 is 10.1 Å². The van der Waals surface area contributed by atoms with Crippen molar-refractivity contribution < 1.29 is 9.13 Å². The molecule has 2 unspecified atom stereocenters. The molecule has 2 atom stereocenters. The van der Waals surface area contributed by atoms with Crippen LogP contribution in [0.5, 0.6) is 5.75 Å². The Labute approximate surface area is 186 Å². The fourth-order valence-electron chi connectivity index (χ4n) is 4.30. The molecule has 0 aliphatic carbocycles. The third-order valence-corrected chi connectivity index (χ3v) is 6.21. The van der Waals surface area contributed by atoms with Crippen LogP contribution in [0.25, 0.3) is 5.70 Å². The normalized spacial score (nSPS) is 19.0. The zero-order valence-corrected chi connectivity index (χ0v) is 17.8. The third kappa shape index (κ3) is 2.96. The minimum Gasteiger partial charge on any atom is -0.480 e. The molecule has 4 aromatic rings. The number of rotatable bonds is 2. The predicted molar refractivity (Wildman–Crippen MR) is 119 cm³/mol. The summed E-state index contributed by atoms with van der Waals surface area (Å²) in [4.78, 5) is 4.41. The van der Waals surface area contributed by atoms with Gasteiger partial charge in [-0.05, 0) is 47.5 Å². The zero-order valence-electron chi connectivity index (χ0n) is 16.2. The van der Waals surface area contributed by atoms with Gasteiger partial charge in [0.2, 0.25) is 5.95 Å². The molecule has 1 aromatic heterocycles. The van der Waals surface area contributed by atoms with E-state index in [0.29, 0.717) is 5.95 Å². The Balaban J connectivity index is 1.62. The van der Waals surface area contributed by atoms with Gasteiger partial charge in [0.15, 0.2) is 0 Å². The third-order valence-electron chi connectivity index (χ3n) is 5.68. The largest absolute Gasteiger partial charge is 0.480 e. The molecule has 3 aromatic carbocycles. The van der Waals surface area contributed by atoms with E-state index in [9.17, 15) is 4.39 Å². The first-order valence-corrected chi connectivity index (χ1v) is 10.7. The van der Waals surface area contributed by atoms with Crippen molar-refractivity contribution in [3.8, 4) is 5.75 Å². The van der Waals surface area contributed by atoms with Gasteiger partial charge in [-0.2, -0.15) is 10.1 Å². The van der Waals surface area contributed by atoms with Gasteiger partial charge in [0.1, 0.15) is 30.0 Å². The van der Waals surface area contributed by atoms with Crippen molar-refractivity contribution in [1.29, 1.82) is 0 Å². The maximum atomic E-state index is 13.7. The van der Waals surface area contributed by atoms with Gasteiger partial charge in [-0.3, -0.25) is 0 Å². The molecule has 1 N–H and O–H groups in total. The molecule has 0 fully saturated rings. The fourth-order valence-corrected chi connectivity index (χ4v) is 4.56. The number of anilines is 1. The van der Waals surface area contributed by atoms with E-state index in [1.807, 2.05) is 53.2 Å². The molecule has 2 aliphatic rings. The summed E-state index contributed by atoms with van der Waals surface area (Å²) in [5.74, 6) is 1.16. The second kappa shape index (κ2) is 7.06. The number of hydrogen-bond donors (Lipinski definition) is 1. The fraction of sp³-hybridized carbons (Fsp3) is 0.0833. The molecule has 3 heterocycles. The highest BCUT2D eigenvalue weighted by Gasteiger charge is 2.40. The standard InChI is InChI=1S/C24H16BrFN4O/c25-16-9-5-15(6-10-16)23-20-21(18-3-1-2-4-19(18)31-23)29-24-27-13-28-30(24)22(20)14-7-11-17(26)12-8-14/h1-13,22-23H,(H,27,28,29). The number of nitrogens with one attached hydrogen (secondary N) is 1. The highest BCUT2D eigenvalue weighted by molar-refractivity contribution is 9.10. The average molecular weight is 475 g/mol. The van der Waals surface area contributed by atoms with Crippen LogP contribution in [0.3, 0.4) is 0 Å². The summed E-state index contributed by atoms with van der Waals surface area (Å²) in [6.07, 6.45) is 1.18. The van der Waals surface area contributed by atoms with E-state index in [1.165, 1.54) is 18.5 Å². The van der Waals surface area contributed by atoms with E-state index in [4.69, 9.17) is 4.74 Å². The molecule has 7 heteroatoms. The summed E-state index contributed by atoms with van der Waals surface area (Å²) < 4.78 is 23.1. The van der Waals surface area contributed by atoms with Crippen molar-refractivity contribution >= 4 is 27.6 Å². The van der Waals surface area contributed by atoms with Crippen LogP contribution in [-0.2, 0) is 0 Å². The molecule has 0 saturated heterocycles. The van der Waals surface area contributed by atoms with Gasteiger partial charge >= 0.3 is 0 Å². The molecule has 2 aliphatic heterocycles. The van der Waals surface area contributed by atoms with Crippen LogP contribution >= 0.6 is 15.9 Å². The highest BCUT2D eigenvalue weighted by atomic mass is 79.9. The SMILES string of the molecule is Fc1ccc(C2C3=C(Nc4ncnn42)c2ccccc2OC3c2ccc(Br)cc2)cc1. The van der Waals surface area contributed by atoms with Crippen LogP contribution in [-0.4, -0.2) is 14.8 Å². The molecule has 0 saturated carbocycles. The molecule has 152 valence electrons. The van der Waals surface area contributed by atoms with Crippen molar-refractivity contribution in [3.63, 3.8) is 0 Å². The van der Waals surface area contributed by atoms with Gasteiger partial charge in [0, 0.05) is 15.6 Å². The minimum atomic E-state index is -0.349. The Morgan fingerprint density at radius 1 is 0.935 bits per heavy atom. The first-order valence-electron chi connectivity index (χ1n) is 9.86. The van der Waals surface area contributed by atoms with Crippen molar-refractivity contribution in [3.05, 3.63) is 112 Å². The number of para-hydroxylation sites is 1. The summed E-state index contributed by atoms with van der Waals surface area (Å²) in [6.45, 7) is 0. The van der Waals surface area contributed by atoms with Crippen LogP contribution in [0.1, 0.15) is 28.8 Å². The lowest BCUT2D eigenvalue weighted by Crippen LogP contribution is -2.32. The minimum absolute atomic E-state index is 0.277. The van der Waals surface area contributed by atoms with Crippen LogP contribution in [0.15, 0.2) is 89.2 Å². The summed E-state index contributed by atoms with van der Waals surface area (Å²) >= 11 is 3.51. The summed E-state index contributed by atoms with van der Waals surface area (Å²) in [5, 5.41) is 7.94. The van der Waals surface area contributed by atoms with Crippen LogP contribution in [0.4, 0.5) is 10.3 Å². The van der Waals surface area contributed by atoms with E-state index < -0.39 is 0 Å². The Hall–Kier alpha value is -3.45. The smallest absolute Gasteiger partial charge is 0.226 e. The summed E-state index contributed by atoms with van der Waals surface area (Å²) in [7, 11) is 0. The quantitative estimate of drug-likeness (QED) is 0.402. The molecular formula is C24H16BrFN4O. The lowest BCUT2D eigenvalue weighted by molar-refractivity contribution is 0.223. The second-order valence-corrected chi connectivity index (χ2v) is 8.40. The van der Waals surface area contributed by atoms with Gasteiger partial charge in [-0.1, -0.05) is 52.3 Å². The Morgan fingerprint density at radius 2 is 1.68 bits per heavy atom. The number of fused-ring (bicyclic) bond motifs is 3. The van der Waals surface area contributed by atoms with Crippen molar-refractivity contribution in [2.75, 3.05) is 5.32 Å². The van der Waals surface area contributed by atoms with Gasteiger partial charge in [-0.15, -0.1) is 0 Å². The Kier molecular flexibility index (Phi) is 4.17. The van der Waals surface area contributed by atoms with Crippen LogP contribution in [0.2, 0.25) is 0 Å². The monoisotopic (exact) mass is 474 g/mol. The van der Waals surface area contributed by atoms with Crippen molar-refractivity contribution in [1.82, 2.24) is 14.8 Å². The first kappa shape index (κ1) is 18.3. The van der Waals surface area contributed by atoms with E-state index in [0.717, 1.165) is 38.2 Å². The van der Waals surface area contributed by atoms with E-state index in [-0.39, 0.29) is 18.0 Å².